The summed E-state index contributed by atoms with van der Waals surface area (Å²) < 4.78 is 5.33. The zero-order chi connectivity index (χ0) is 21.4. The lowest BCUT2D eigenvalue weighted by Crippen LogP contribution is -2.63. The maximum Gasteiger partial charge on any atom is 0.234 e. The number of pyridine rings is 1. The Morgan fingerprint density at radius 2 is 2.07 bits per heavy atom. The summed E-state index contributed by atoms with van der Waals surface area (Å²) in [5, 5.41) is 4.99. The number of benzene rings is 1. The zero-order valence-electron chi connectivity index (χ0n) is 17.8. The van der Waals surface area contributed by atoms with Crippen molar-refractivity contribution in [2.24, 2.45) is 21.6 Å². The normalized spacial score (nSPS) is 20.7. The Hall–Kier alpha value is -2.77. The van der Waals surface area contributed by atoms with Gasteiger partial charge in [-0.3, -0.25) is 9.79 Å². The maximum atomic E-state index is 12.9. The van der Waals surface area contributed by atoms with Crippen molar-refractivity contribution in [1.29, 1.82) is 0 Å². The van der Waals surface area contributed by atoms with E-state index in [1.54, 1.807) is 19.5 Å². The first-order chi connectivity index (χ1) is 14.3. The van der Waals surface area contributed by atoms with Crippen LogP contribution in [-0.4, -0.2) is 61.9 Å². The van der Waals surface area contributed by atoms with Crippen LogP contribution in [0.4, 0.5) is 5.82 Å². The number of allylic oxidation sites excluding steroid dienone is 1. The fourth-order valence-electron chi connectivity index (χ4n) is 4.29. The van der Waals surface area contributed by atoms with Crippen LogP contribution >= 0.6 is 0 Å². The van der Waals surface area contributed by atoms with Gasteiger partial charge in [-0.15, -0.1) is 0 Å². The molecular formula is C23H29N5O2. The third-order valence-electron chi connectivity index (χ3n) is 5.94. The van der Waals surface area contributed by atoms with E-state index in [-0.39, 0.29) is 11.3 Å². The van der Waals surface area contributed by atoms with E-state index in [0.29, 0.717) is 5.82 Å². The second-order valence-electron chi connectivity index (χ2n) is 9.10. The number of nitrogens with zero attached hydrogens (tertiary/aromatic N) is 3. The Morgan fingerprint density at radius 3 is 2.70 bits per heavy atom. The van der Waals surface area contributed by atoms with Crippen LogP contribution < -0.4 is 11.1 Å². The van der Waals surface area contributed by atoms with Crippen LogP contribution in [0.15, 0.2) is 41.7 Å². The second kappa shape index (κ2) is 7.81. The molecule has 4 rings (SSSR count). The van der Waals surface area contributed by atoms with Crippen molar-refractivity contribution in [3.05, 3.63) is 42.2 Å². The van der Waals surface area contributed by atoms with E-state index in [2.05, 4.69) is 27.1 Å². The van der Waals surface area contributed by atoms with Gasteiger partial charge < -0.3 is 20.7 Å². The lowest BCUT2D eigenvalue weighted by Gasteiger charge is -2.51. The van der Waals surface area contributed by atoms with Gasteiger partial charge in [0.1, 0.15) is 5.82 Å². The van der Waals surface area contributed by atoms with Gasteiger partial charge in [0.05, 0.1) is 18.6 Å². The van der Waals surface area contributed by atoms with Gasteiger partial charge in [-0.1, -0.05) is 19.1 Å². The van der Waals surface area contributed by atoms with Crippen LogP contribution in [0.25, 0.3) is 16.3 Å². The topological polar surface area (TPSA) is 92.8 Å². The number of aromatic nitrogens is 1. The fraction of sp³-hybridized carbons (Fsp3) is 0.435. The number of anilines is 1. The largest absolute Gasteiger partial charge is 0.404 e. The number of nitrogens with two attached hydrogens (primary N) is 1. The lowest BCUT2D eigenvalue weighted by molar-refractivity contribution is -0.149. The molecule has 1 aromatic heterocycles. The fourth-order valence-corrected chi connectivity index (χ4v) is 4.29. The van der Waals surface area contributed by atoms with Crippen LogP contribution in [0.1, 0.15) is 19.4 Å². The molecule has 2 aromatic rings. The Morgan fingerprint density at radius 1 is 1.30 bits per heavy atom. The van der Waals surface area contributed by atoms with Crippen LogP contribution in [-0.2, 0) is 9.53 Å². The average Bonchev–Trinajstić information content (AvgIpc) is 2.68. The van der Waals surface area contributed by atoms with Crippen LogP contribution in [0.3, 0.4) is 0 Å². The molecule has 158 valence electrons. The molecule has 0 unspecified atom stereocenters. The number of hydrogen-bond acceptors (Lipinski definition) is 6. The molecule has 2 saturated heterocycles. The molecule has 0 saturated carbocycles. The number of likely N-dealkylation sites (tertiary alicyclic amines) is 1. The number of ether oxygens (including phenoxy) is 1. The highest BCUT2D eigenvalue weighted by atomic mass is 16.5. The summed E-state index contributed by atoms with van der Waals surface area (Å²) in [4.78, 5) is 23.7. The summed E-state index contributed by atoms with van der Waals surface area (Å²) in [6.07, 6.45) is 5.04. The average molecular weight is 408 g/mol. The number of carbonyl (C=O) groups excluding carboxylic acids is 1. The molecule has 3 heterocycles. The Kier molecular flexibility index (Phi) is 5.34. The van der Waals surface area contributed by atoms with Gasteiger partial charge >= 0.3 is 0 Å². The molecule has 3 N–H and O–H groups in total. The van der Waals surface area contributed by atoms with E-state index in [1.807, 2.05) is 31.2 Å². The van der Waals surface area contributed by atoms with E-state index < -0.39 is 5.41 Å². The van der Waals surface area contributed by atoms with Crippen molar-refractivity contribution in [2.45, 2.75) is 13.8 Å². The Bertz CT molecular complexity index is 1020. The van der Waals surface area contributed by atoms with E-state index in [0.717, 1.165) is 54.8 Å². The Labute approximate surface area is 177 Å². The number of nitrogens with one attached hydrogen (secondary N) is 1. The minimum Gasteiger partial charge on any atom is -0.404 e. The molecule has 1 amide bonds. The molecule has 0 spiro atoms. The first-order valence-corrected chi connectivity index (χ1v) is 10.2. The molecule has 0 radical (unpaired) electrons. The van der Waals surface area contributed by atoms with Gasteiger partial charge in [-0.2, -0.15) is 0 Å². The minimum atomic E-state index is -0.396. The number of fused-ring (bicyclic) bond motifs is 1. The summed E-state index contributed by atoms with van der Waals surface area (Å²) in [5.41, 5.74) is 7.37. The summed E-state index contributed by atoms with van der Waals surface area (Å²) in [6.45, 7) is 8.35. The molecule has 0 aliphatic carbocycles. The molecule has 0 atom stereocenters. The molecule has 2 aliphatic heterocycles. The maximum absolute atomic E-state index is 12.9. The van der Waals surface area contributed by atoms with E-state index in [1.165, 1.54) is 6.20 Å². The number of rotatable bonds is 6. The standard InChI is InChI=1S/C23H29N5O2/c1-22(14-30-15-22)11-28-12-23(2,13-28)21(29)27-20-7-18-6-16(19(8-24)9-25-3)4-5-17(18)10-26-20/h4-10H,11-15,24H2,1-3H3,(H,26,27,29). The van der Waals surface area contributed by atoms with Crippen LogP contribution in [0.5, 0.6) is 0 Å². The smallest absolute Gasteiger partial charge is 0.234 e. The van der Waals surface area contributed by atoms with Gasteiger partial charge in [-0.25, -0.2) is 4.98 Å². The van der Waals surface area contributed by atoms with Crippen molar-refractivity contribution >= 4 is 34.3 Å². The summed E-state index contributed by atoms with van der Waals surface area (Å²) in [7, 11) is 1.71. The van der Waals surface area contributed by atoms with Gasteiger partial charge in [0, 0.05) is 61.7 Å². The summed E-state index contributed by atoms with van der Waals surface area (Å²) in [6, 6.07) is 7.91. The first-order valence-electron chi connectivity index (χ1n) is 10.2. The predicted octanol–water partition coefficient (Wildman–Crippen LogP) is 2.53. The summed E-state index contributed by atoms with van der Waals surface area (Å²) in [5.74, 6) is 0.573. The third-order valence-corrected chi connectivity index (χ3v) is 5.94. The third kappa shape index (κ3) is 3.95. The number of aliphatic imine (C=N–C) groups is 1. The molecule has 2 fully saturated rings. The number of carbonyl (C=O) groups is 1. The first kappa shape index (κ1) is 20.5. The van der Waals surface area contributed by atoms with Crippen molar-refractivity contribution < 1.29 is 9.53 Å². The monoisotopic (exact) mass is 407 g/mol. The lowest BCUT2D eigenvalue weighted by atomic mass is 9.78. The van der Waals surface area contributed by atoms with Crippen molar-refractivity contribution in [1.82, 2.24) is 9.88 Å². The van der Waals surface area contributed by atoms with E-state index in [9.17, 15) is 4.79 Å². The SMILES string of the molecule is CN=CC(=CN)c1ccc2cnc(NC(=O)C3(C)CN(CC4(C)COC4)C3)cc2c1. The van der Waals surface area contributed by atoms with Crippen molar-refractivity contribution in [3.63, 3.8) is 0 Å². The highest BCUT2D eigenvalue weighted by Crippen LogP contribution is 2.36. The predicted molar refractivity (Wildman–Crippen MR) is 120 cm³/mol. The zero-order valence-corrected chi connectivity index (χ0v) is 17.8. The second-order valence-corrected chi connectivity index (χ2v) is 9.10. The van der Waals surface area contributed by atoms with Gasteiger partial charge in [0.2, 0.25) is 5.91 Å². The van der Waals surface area contributed by atoms with E-state index in [4.69, 9.17) is 10.5 Å². The van der Waals surface area contributed by atoms with Gasteiger partial charge in [-0.05, 0) is 30.0 Å². The highest BCUT2D eigenvalue weighted by molar-refractivity contribution is 6.10. The molecule has 2 aliphatic rings. The molecule has 7 heteroatoms. The quantitative estimate of drug-likeness (QED) is 0.718. The molecule has 0 bridgehead atoms. The molecule has 7 nitrogen and oxygen atoms in total. The number of hydrogen-bond donors (Lipinski definition) is 2. The van der Waals surface area contributed by atoms with E-state index >= 15 is 0 Å². The minimum absolute atomic E-state index is 0.0115. The van der Waals surface area contributed by atoms with Gasteiger partial charge in [0.15, 0.2) is 0 Å². The molecule has 30 heavy (non-hydrogen) atoms. The van der Waals surface area contributed by atoms with Crippen molar-refractivity contribution in [2.75, 3.05) is 45.2 Å². The summed E-state index contributed by atoms with van der Waals surface area (Å²) >= 11 is 0. The van der Waals surface area contributed by atoms with Crippen LogP contribution in [0.2, 0.25) is 0 Å². The van der Waals surface area contributed by atoms with Crippen LogP contribution in [0, 0.1) is 10.8 Å². The number of amides is 1. The van der Waals surface area contributed by atoms with Gasteiger partial charge in [0.25, 0.3) is 0 Å². The van der Waals surface area contributed by atoms with Crippen molar-refractivity contribution in [3.8, 4) is 0 Å². The highest BCUT2D eigenvalue weighted by Gasteiger charge is 2.48. The molecular weight excluding hydrogens is 378 g/mol. The Balaban J connectivity index is 1.45. The molecule has 1 aromatic carbocycles.